The summed E-state index contributed by atoms with van der Waals surface area (Å²) < 4.78 is 1.13. The number of aromatic nitrogens is 5. The number of H-pyrrole nitrogens is 1. The highest BCUT2D eigenvalue weighted by atomic mass is 32.1. The van der Waals surface area contributed by atoms with Crippen molar-refractivity contribution in [2.45, 2.75) is 0 Å². The average Bonchev–Trinajstić information content (AvgIpc) is 3.13. The van der Waals surface area contributed by atoms with Crippen molar-refractivity contribution >= 4 is 39.0 Å². The largest absolute Gasteiger partial charge is 0.368 e. The number of nitrogen functional groups attached to an aromatic ring is 1. The van der Waals surface area contributed by atoms with Gasteiger partial charge in [-0.3, -0.25) is 5.10 Å². The number of aromatic amines is 1. The van der Waals surface area contributed by atoms with Crippen molar-refractivity contribution in [2.75, 3.05) is 11.1 Å². The Morgan fingerprint density at radius 1 is 1.14 bits per heavy atom. The van der Waals surface area contributed by atoms with Gasteiger partial charge >= 0.3 is 0 Å². The Balaban J connectivity index is 1.73. The van der Waals surface area contributed by atoms with E-state index in [9.17, 15) is 0 Å². The van der Waals surface area contributed by atoms with Crippen LogP contribution < -0.4 is 11.1 Å². The van der Waals surface area contributed by atoms with Crippen LogP contribution in [0.4, 0.5) is 17.5 Å². The minimum atomic E-state index is 0.218. The molecule has 0 bridgehead atoms. The van der Waals surface area contributed by atoms with E-state index >= 15 is 0 Å². The molecule has 4 aromatic rings. The predicted octanol–water partition coefficient (Wildman–Crippen LogP) is 2.80. The van der Waals surface area contributed by atoms with E-state index in [2.05, 4.69) is 30.5 Å². The summed E-state index contributed by atoms with van der Waals surface area (Å²) >= 11 is 1.60. The van der Waals surface area contributed by atoms with Gasteiger partial charge in [0.1, 0.15) is 16.5 Å². The number of nitrogens with one attached hydrogen (secondary N) is 2. The number of nitrogens with two attached hydrogens (primary N) is 1. The molecule has 0 aliphatic carbocycles. The quantitative estimate of drug-likeness (QED) is 0.537. The highest BCUT2D eigenvalue weighted by molar-refractivity contribution is 7.21. The Morgan fingerprint density at radius 3 is 2.91 bits per heavy atom. The predicted molar refractivity (Wildman–Crippen MR) is 86.9 cm³/mol. The number of thiazole rings is 1. The standard InChI is InChI=1S/C14H11N7S/c15-14-16-6-5-11(20-14)18-9-7-17-21-12(9)13-19-8-3-1-2-4-10(8)22-13/h1-7H,(H,17,21)(H3,15,16,18,20). The van der Waals surface area contributed by atoms with E-state index in [0.29, 0.717) is 5.82 Å². The van der Waals surface area contributed by atoms with Crippen molar-refractivity contribution in [1.29, 1.82) is 0 Å². The lowest BCUT2D eigenvalue weighted by Gasteiger charge is -2.04. The van der Waals surface area contributed by atoms with Gasteiger partial charge < -0.3 is 11.1 Å². The third-order valence-corrected chi connectivity index (χ3v) is 4.14. The SMILES string of the molecule is Nc1nccc(Nc2cn[nH]c2-c2nc3ccccc3s2)n1. The van der Waals surface area contributed by atoms with E-state index in [-0.39, 0.29) is 5.95 Å². The van der Waals surface area contributed by atoms with Crippen molar-refractivity contribution in [3.8, 4) is 10.7 Å². The number of hydrogen-bond acceptors (Lipinski definition) is 7. The molecule has 0 saturated heterocycles. The molecule has 0 atom stereocenters. The van der Waals surface area contributed by atoms with Gasteiger partial charge in [0.2, 0.25) is 5.95 Å². The van der Waals surface area contributed by atoms with E-state index in [1.54, 1.807) is 29.8 Å². The van der Waals surface area contributed by atoms with Gasteiger partial charge in [-0.1, -0.05) is 12.1 Å². The van der Waals surface area contributed by atoms with Crippen molar-refractivity contribution in [3.05, 3.63) is 42.7 Å². The Hall–Kier alpha value is -3.00. The van der Waals surface area contributed by atoms with Crippen molar-refractivity contribution in [3.63, 3.8) is 0 Å². The number of fused-ring (bicyclic) bond motifs is 1. The molecule has 0 amide bonds. The maximum absolute atomic E-state index is 5.59. The molecular weight excluding hydrogens is 298 g/mol. The summed E-state index contributed by atoms with van der Waals surface area (Å²) in [6.45, 7) is 0. The molecule has 22 heavy (non-hydrogen) atoms. The lowest BCUT2D eigenvalue weighted by atomic mass is 10.3. The van der Waals surface area contributed by atoms with Crippen LogP contribution in [0, 0.1) is 0 Å². The van der Waals surface area contributed by atoms with Gasteiger partial charge in [0.05, 0.1) is 22.1 Å². The van der Waals surface area contributed by atoms with Crippen LogP contribution in [-0.4, -0.2) is 25.1 Å². The number of anilines is 3. The number of benzene rings is 1. The highest BCUT2D eigenvalue weighted by Gasteiger charge is 2.13. The van der Waals surface area contributed by atoms with Crippen molar-refractivity contribution < 1.29 is 0 Å². The zero-order valence-corrected chi connectivity index (χ0v) is 12.1. The summed E-state index contributed by atoms with van der Waals surface area (Å²) in [6.07, 6.45) is 3.29. The molecule has 1 aromatic carbocycles. The van der Waals surface area contributed by atoms with Gasteiger partial charge in [-0.2, -0.15) is 10.1 Å². The van der Waals surface area contributed by atoms with Gasteiger partial charge in [-0.05, 0) is 18.2 Å². The van der Waals surface area contributed by atoms with Crippen LogP contribution >= 0.6 is 11.3 Å². The number of para-hydroxylation sites is 1. The van der Waals surface area contributed by atoms with Crippen LogP contribution in [0.5, 0.6) is 0 Å². The maximum atomic E-state index is 5.59. The first kappa shape index (κ1) is 12.7. The lowest BCUT2D eigenvalue weighted by molar-refractivity contribution is 1.09. The van der Waals surface area contributed by atoms with Crippen LogP contribution in [0.15, 0.2) is 42.7 Å². The minimum absolute atomic E-state index is 0.218. The van der Waals surface area contributed by atoms with E-state index in [1.807, 2.05) is 24.3 Å². The second-order valence-corrected chi connectivity index (χ2v) is 5.60. The summed E-state index contributed by atoms with van der Waals surface area (Å²) in [4.78, 5) is 12.6. The number of rotatable bonds is 3. The molecule has 0 unspecified atom stereocenters. The normalized spacial score (nSPS) is 10.9. The van der Waals surface area contributed by atoms with Crippen LogP contribution in [0.3, 0.4) is 0 Å². The molecule has 0 aliphatic heterocycles. The first-order chi connectivity index (χ1) is 10.8. The monoisotopic (exact) mass is 309 g/mol. The van der Waals surface area contributed by atoms with E-state index < -0.39 is 0 Å². The molecular formula is C14H11N7S. The first-order valence-corrected chi connectivity index (χ1v) is 7.36. The Bertz CT molecular complexity index is 910. The van der Waals surface area contributed by atoms with Gasteiger partial charge in [0.25, 0.3) is 0 Å². The molecule has 8 heteroatoms. The van der Waals surface area contributed by atoms with E-state index in [1.165, 1.54) is 0 Å². The molecule has 4 rings (SSSR count). The fourth-order valence-electron chi connectivity index (χ4n) is 2.10. The second kappa shape index (κ2) is 5.08. The van der Waals surface area contributed by atoms with Gasteiger partial charge in [0.15, 0.2) is 0 Å². The van der Waals surface area contributed by atoms with Gasteiger partial charge in [0, 0.05) is 6.20 Å². The zero-order chi connectivity index (χ0) is 14.9. The van der Waals surface area contributed by atoms with Crippen molar-refractivity contribution in [1.82, 2.24) is 25.1 Å². The molecule has 0 radical (unpaired) electrons. The van der Waals surface area contributed by atoms with E-state index in [0.717, 1.165) is 26.6 Å². The van der Waals surface area contributed by atoms with Crippen LogP contribution in [0.25, 0.3) is 20.9 Å². The highest BCUT2D eigenvalue weighted by Crippen LogP contribution is 2.33. The van der Waals surface area contributed by atoms with Gasteiger partial charge in [-0.15, -0.1) is 11.3 Å². The first-order valence-electron chi connectivity index (χ1n) is 6.54. The molecule has 108 valence electrons. The van der Waals surface area contributed by atoms with Gasteiger partial charge in [-0.25, -0.2) is 9.97 Å². The fraction of sp³-hybridized carbons (Fsp3) is 0. The molecule has 0 spiro atoms. The summed E-state index contributed by atoms with van der Waals surface area (Å²) in [5.41, 5.74) is 8.17. The molecule has 3 heterocycles. The number of hydrogen-bond donors (Lipinski definition) is 3. The Labute approximate surface area is 129 Å². The summed E-state index contributed by atoms with van der Waals surface area (Å²) in [6, 6.07) is 9.75. The molecule has 0 saturated carbocycles. The van der Waals surface area contributed by atoms with Crippen molar-refractivity contribution in [2.24, 2.45) is 0 Å². The lowest BCUT2D eigenvalue weighted by Crippen LogP contribution is -1.99. The van der Waals surface area contributed by atoms with E-state index in [4.69, 9.17) is 5.73 Å². The third-order valence-electron chi connectivity index (χ3n) is 3.08. The molecule has 7 nitrogen and oxygen atoms in total. The number of nitrogens with zero attached hydrogens (tertiary/aromatic N) is 4. The zero-order valence-electron chi connectivity index (χ0n) is 11.3. The Morgan fingerprint density at radius 2 is 2.05 bits per heavy atom. The fourth-order valence-corrected chi connectivity index (χ4v) is 3.08. The summed E-state index contributed by atoms with van der Waals surface area (Å²) in [5, 5.41) is 11.1. The molecule has 3 aromatic heterocycles. The van der Waals surface area contributed by atoms with Crippen LogP contribution in [0.2, 0.25) is 0 Å². The molecule has 0 aliphatic rings. The van der Waals surface area contributed by atoms with Crippen LogP contribution in [0.1, 0.15) is 0 Å². The Kier molecular flexibility index (Phi) is 2.94. The minimum Gasteiger partial charge on any atom is -0.368 e. The summed E-state index contributed by atoms with van der Waals surface area (Å²) in [7, 11) is 0. The smallest absolute Gasteiger partial charge is 0.221 e. The van der Waals surface area contributed by atoms with Crippen LogP contribution in [-0.2, 0) is 0 Å². The second-order valence-electron chi connectivity index (χ2n) is 4.57. The third kappa shape index (κ3) is 2.25. The molecule has 4 N–H and O–H groups in total. The molecule has 0 fully saturated rings. The topological polar surface area (TPSA) is 105 Å². The summed E-state index contributed by atoms with van der Waals surface area (Å²) in [5.74, 6) is 0.825. The average molecular weight is 309 g/mol. The maximum Gasteiger partial charge on any atom is 0.221 e.